The van der Waals surface area contributed by atoms with Gasteiger partial charge in [0.25, 0.3) is 0 Å². The first-order valence-corrected chi connectivity index (χ1v) is 17.5. The number of rotatable bonds is 5. The van der Waals surface area contributed by atoms with Crippen LogP contribution in [0.3, 0.4) is 0 Å². The SMILES string of the molecule is c1ccc(-c2cccc3c2oc2c(N(c4ccc(-c5ccc6oc7ccccc7c6c5)cc4)c4cccc5c4oc4ccccc45)cccc23)cc1. The standard InChI is InChI=1S/C48H29NO3/c1-2-11-31(12-3-1)34-15-8-16-38-39-18-10-20-42(48(39)52-46(34)38)49(41-19-9-17-37-35-13-4-7-22-44(35)51-47(37)41)33-26-23-30(24-27-33)32-25-28-45-40(29-32)36-14-5-6-21-43(36)50-45/h1-29H. The molecule has 0 N–H and O–H groups in total. The van der Waals surface area contributed by atoms with E-state index in [0.29, 0.717) is 0 Å². The minimum absolute atomic E-state index is 0.815. The van der Waals surface area contributed by atoms with E-state index in [1.165, 1.54) is 0 Å². The Balaban J connectivity index is 1.12. The maximum Gasteiger partial charge on any atom is 0.159 e. The van der Waals surface area contributed by atoms with E-state index in [9.17, 15) is 0 Å². The van der Waals surface area contributed by atoms with Crippen molar-refractivity contribution in [3.8, 4) is 22.3 Å². The summed E-state index contributed by atoms with van der Waals surface area (Å²) in [6.07, 6.45) is 0. The van der Waals surface area contributed by atoms with Gasteiger partial charge in [0.15, 0.2) is 11.2 Å². The number of furan rings is 3. The fraction of sp³-hybridized carbons (Fsp3) is 0. The van der Waals surface area contributed by atoms with Crippen LogP contribution < -0.4 is 4.90 Å². The van der Waals surface area contributed by atoms with E-state index in [1.54, 1.807) is 0 Å². The quantitative estimate of drug-likeness (QED) is 0.183. The van der Waals surface area contributed by atoms with Crippen LogP contribution in [0.4, 0.5) is 17.1 Å². The largest absolute Gasteiger partial charge is 0.456 e. The van der Waals surface area contributed by atoms with E-state index in [4.69, 9.17) is 13.3 Å². The second-order valence-corrected chi connectivity index (χ2v) is 13.2. The van der Waals surface area contributed by atoms with Crippen molar-refractivity contribution in [2.24, 2.45) is 0 Å². The zero-order valence-corrected chi connectivity index (χ0v) is 27.9. The fourth-order valence-electron chi connectivity index (χ4n) is 7.85. The number of anilines is 3. The van der Waals surface area contributed by atoms with E-state index in [2.05, 4.69) is 150 Å². The summed E-state index contributed by atoms with van der Waals surface area (Å²) < 4.78 is 19.7. The van der Waals surface area contributed by atoms with Gasteiger partial charge in [-0.2, -0.15) is 0 Å². The molecule has 11 rings (SSSR count). The van der Waals surface area contributed by atoms with Crippen molar-refractivity contribution in [1.29, 1.82) is 0 Å². The van der Waals surface area contributed by atoms with Crippen LogP contribution in [0.2, 0.25) is 0 Å². The van der Waals surface area contributed by atoms with E-state index in [-0.39, 0.29) is 0 Å². The Hall–Kier alpha value is -7.04. The molecule has 0 aliphatic rings. The summed E-state index contributed by atoms with van der Waals surface area (Å²) in [5.74, 6) is 0. The smallest absolute Gasteiger partial charge is 0.159 e. The molecule has 0 amide bonds. The molecule has 52 heavy (non-hydrogen) atoms. The molecule has 0 unspecified atom stereocenters. The van der Waals surface area contributed by atoms with Gasteiger partial charge >= 0.3 is 0 Å². The molecule has 0 saturated carbocycles. The van der Waals surface area contributed by atoms with E-state index < -0.39 is 0 Å². The molecule has 0 aliphatic carbocycles. The lowest BCUT2D eigenvalue weighted by Crippen LogP contribution is -2.10. The molecule has 0 spiro atoms. The van der Waals surface area contributed by atoms with Crippen molar-refractivity contribution in [1.82, 2.24) is 0 Å². The maximum absolute atomic E-state index is 6.94. The average Bonchev–Trinajstić information content (AvgIpc) is 3.90. The number of benzene rings is 8. The Labute approximate surface area is 298 Å². The number of fused-ring (bicyclic) bond motifs is 9. The molecule has 11 aromatic rings. The summed E-state index contributed by atoms with van der Waals surface area (Å²) >= 11 is 0. The second kappa shape index (κ2) is 11.2. The highest BCUT2D eigenvalue weighted by molar-refractivity contribution is 6.15. The van der Waals surface area contributed by atoms with Crippen LogP contribution in [-0.2, 0) is 0 Å². The lowest BCUT2D eigenvalue weighted by Gasteiger charge is -2.25. The van der Waals surface area contributed by atoms with Crippen molar-refractivity contribution >= 4 is 82.9 Å². The van der Waals surface area contributed by atoms with Crippen LogP contribution in [0.1, 0.15) is 0 Å². The third-order valence-corrected chi connectivity index (χ3v) is 10.3. The number of para-hydroxylation sites is 5. The molecular weight excluding hydrogens is 639 g/mol. The predicted octanol–water partition coefficient (Wildman–Crippen LogP) is 14.2. The lowest BCUT2D eigenvalue weighted by atomic mass is 10.0. The van der Waals surface area contributed by atoms with Gasteiger partial charge in [0, 0.05) is 43.6 Å². The van der Waals surface area contributed by atoms with E-state index in [0.717, 1.165) is 105 Å². The minimum atomic E-state index is 0.815. The molecule has 0 atom stereocenters. The number of nitrogens with zero attached hydrogens (tertiary/aromatic N) is 1. The van der Waals surface area contributed by atoms with Crippen LogP contribution in [0, 0.1) is 0 Å². The monoisotopic (exact) mass is 667 g/mol. The first kappa shape index (κ1) is 28.8. The van der Waals surface area contributed by atoms with Crippen molar-refractivity contribution < 1.29 is 13.3 Å². The molecule has 0 aliphatic heterocycles. The summed E-state index contributed by atoms with van der Waals surface area (Å²) in [5.41, 5.74) is 12.4. The molecule has 0 radical (unpaired) electrons. The maximum atomic E-state index is 6.94. The average molecular weight is 668 g/mol. The number of hydrogen-bond donors (Lipinski definition) is 0. The summed E-state index contributed by atoms with van der Waals surface area (Å²) in [7, 11) is 0. The van der Waals surface area contributed by atoms with Gasteiger partial charge in [-0.15, -0.1) is 0 Å². The zero-order chi connectivity index (χ0) is 34.2. The van der Waals surface area contributed by atoms with Gasteiger partial charge in [-0.1, -0.05) is 127 Å². The van der Waals surface area contributed by atoms with Crippen LogP contribution in [0.25, 0.3) is 88.1 Å². The normalized spacial score (nSPS) is 11.8. The minimum Gasteiger partial charge on any atom is -0.456 e. The van der Waals surface area contributed by atoms with E-state index in [1.807, 2.05) is 30.3 Å². The van der Waals surface area contributed by atoms with Gasteiger partial charge in [-0.3, -0.25) is 0 Å². The summed E-state index contributed by atoms with van der Waals surface area (Å²) in [6.45, 7) is 0. The summed E-state index contributed by atoms with van der Waals surface area (Å²) in [5, 5.41) is 6.53. The third kappa shape index (κ3) is 4.34. The van der Waals surface area contributed by atoms with Crippen LogP contribution in [0.15, 0.2) is 189 Å². The summed E-state index contributed by atoms with van der Waals surface area (Å²) in [4.78, 5) is 2.27. The van der Waals surface area contributed by atoms with Gasteiger partial charge in [0.1, 0.15) is 22.3 Å². The molecule has 244 valence electrons. The first-order chi connectivity index (χ1) is 25.8. The lowest BCUT2D eigenvalue weighted by molar-refractivity contribution is 0.666. The zero-order valence-electron chi connectivity index (χ0n) is 27.9. The Morgan fingerprint density at radius 3 is 1.60 bits per heavy atom. The second-order valence-electron chi connectivity index (χ2n) is 13.2. The Morgan fingerprint density at radius 2 is 0.846 bits per heavy atom. The third-order valence-electron chi connectivity index (χ3n) is 10.3. The van der Waals surface area contributed by atoms with Crippen molar-refractivity contribution in [2.75, 3.05) is 4.90 Å². The van der Waals surface area contributed by atoms with Crippen molar-refractivity contribution in [3.05, 3.63) is 176 Å². The van der Waals surface area contributed by atoms with Gasteiger partial charge in [0.2, 0.25) is 0 Å². The predicted molar refractivity (Wildman–Crippen MR) is 214 cm³/mol. The van der Waals surface area contributed by atoms with Crippen LogP contribution >= 0.6 is 0 Å². The topological polar surface area (TPSA) is 42.7 Å². The molecule has 0 fully saturated rings. The highest BCUT2D eigenvalue weighted by Gasteiger charge is 2.24. The van der Waals surface area contributed by atoms with Crippen molar-refractivity contribution in [3.63, 3.8) is 0 Å². The van der Waals surface area contributed by atoms with Crippen LogP contribution in [0.5, 0.6) is 0 Å². The molecule has 0 bridgehead atoms. The van der Waals surface area contributed by atoms with Gasteiger partial charge < -0.3 is 18.2 Å². The Morgan fingerprint density at radius 1 is 0.308 bits per heavy atom. The molecule has 4 heteroatoms. The fourth-order valence-corrected chi connectivity index (χ4v) is 7.85. The molecular formula is C48H29NO3. The van der Waals surface area contributed by atoms with Gasteiger partial charge in [0.05, 0.1) is 11.4 Å². The van der Waals surface area contributed by atoms with E-state index >= 15 is 0 Å². The highest BCUT2D eigenvalue weighted by Crippen LogP contribution is 2.47. The molecule has 8 aromatic carbocycles. The van der Waals surface area contributed by atoms with Gasteiger partial charge in [-0.05, 0) is 65.2 Å². The Bertz CT molecular complexity index is 3130. The Kier molecular flexibility index (Phi) is 6.22. The molecule has 4 nitrogen and oxygen atoms in total. The first-order valence-electron chi connectivity index (χ1n) is 17.5. The summed E-state index contributed by atoms with van der Waals surface area (Å²) in [6, 6.07) is 61.2. The van der Waals surface area contributed by atoms with Gasteiger partial charge in [-0.25, -0.2) is 0 Å². The molecule has 3 aromatic heterocycles. The van der Waals surface area contributed by atoms with Crippen molar-refractivity contribution in [2.45, 2.75) is 0 Å². The van der Waals surface area contributed by atoms with Crippen LogP contribution in [-0.4, -0.2) is 0 Å². The highest BCUT2D eigenvalue weighted by atomic mass is 16.3. The molecule has 0 saturated heterocycles. The molecule has 3 heterocycles. The number of hydrogen-bond acceptors (Lipinski definition) is 4.